The summed E-state index contributed by atoms with van der Waals surface area (Å²) in [4.78, 5) is 28.8. The molecule has 0 spiro atoms. The number of rotatable bonds is 6. The standard InChI is InChI=1S/C18H15N3O8S/c22-17(11-9-14-15(10-11)29-18(23)28-14)21(24)20-30(25,26)13-6-4-12(5-7-13)27-16-3-1-2-8-19-16/h1-9,14-15,20,24H,10H2. The van der Waals surface area contributed by atoms with Gasteiger partial charge in [0.15, 0.2) is 12.2 Å². The molecule has 12 heteroatoms. The van der Waals surface area contributed by atoms with Crippen LogP contribution in [0.1, 0.15) is 6.42 Å². The zero-order valence-corrected chi connectivity index (χ0v) is 16.0. The SMILES string of the molecule is O=C1OC2C=C(C(=O)N(O)NS(=O)(=O)c3ccc(Oc4ccccn4)cc3)CC2O1. The van der Waals surface area contributed by atoms with Crippen LogP contribution >= 0.6 is 0 Å². The van der Waals surface area contributed by atoms with Crippen molar-refractivity contribution in [2.45, 2.75) is 23.5 Å². The van der Waals surface area contributed by atoms with Gasteiger partial charge in [-0.2, -0.15) is 0 Å². The quantitative estimate of drug-likeness (QED) is 0.393. The molecule has 11 nitrogen and oxygen atoms in total. The van der Waals surface area contributed by atoms with E-state index in [1.807, 2.05) is 0 Å². The summed E-state index contributed by atoms with van der Waals surface area (Å²) >= 11 is 0. The summed E-state index contributed by atoms with van der Waals surface area (Å²) in [7, 11) is -4.26. The van der Waals surface area contributed by atoms with E-state index in [-0.39, 0.29) is 22.1 Å². The third kappa shape index (κ3) is 4.10. The van der Waals surface area contributed by atoms with Gasteiger partial charge < -0.3 is 14.2 Å². The number of ether oxygens (including phenoxy) is 3. The van der Waals surface area contributed by atoms with Crippen molar-refractivity contribution in [2.24, 2.45) is 0 Å². The number of benzene rings is 1. The van der Waals surface area contributed by atoms with Gasteiger partial charge in [0.25, 0.3) is 15.9 Å². The van der Waals surface area contributed by atoms with Gasteiger partial charge in [-0.25, -0.2) is 18.2 Å². The number of carbonyl (C=O) groups is 2. The second-order valence-corrected chi connectivity index (χ2v) is 8.00. The third-order valence-electron chi connectivity index (χ3n) is 4.30. The van der Waals surface area contributed by atoms with Gasteiger partial charge in [-0.1, -0.05) is 10.9 Å². The Hall–Kier alpha value is -3.48. The maximum Gasteiger partial charge on any atom is 0.509 e. The molecule has 1 saturated heterocycles. The predicted molar refractivity (Wildman–Crippen MR) is 97.5 cm³/mol. The largest absolute Gasteiger partial charge is 0.509 e. The van der Waals surface area contributed by atoms with Gasteiger partial charge in [0.2, 0.25) is 5.88 Å². The summed E-state index contributed by atoms with van der Waals surface area (Å²) in [5, 5.41) is 9.77. The van der Waals surface area contributed by atoms with E-state index in [0.717, 1.165) is 0 Å². The number of carbonyl (C=O) groups excluding carboxylic acids is 2. The lowest BCUT2D eigenvalue weighted by Gasteiger charge is -2.17. The molecule has 2 N–H and O–H groups in total. The maximum atomic E-state index is 12.4. The van der Waals surface area contributed by atoms with Crippen molar-refractivity contribution >= 4 is 22.1 Å². The fourth-order valence-corrected chi connectivity index (χ4v) is 3.82. The van der Waals surface area contributed by atoms with Crippen LogP contribution in [0.25, 0.3) is 0 Å². The van der Waals surface area contributed by atoms with Crippen LogP contribution in [-0.2, 0) is 24.3 Å². The number of nitrogens with zero attached hydrogens (tertiary/aromatic N) is 2. The van der Waals surface area contributed by atoms with E-state index in [1.165, 1.54) is 30.3 Å². The van der Waals surface area contributed by atoms with Crippen LogP contribution in [0.3, 0.4) is 0 Å². The van der Waals surface area contributed by atoms with Crippen LogP contribution in [0.5, 0.6) is 11.6 Å². The molecule has 1 amide bonds. The molecular formula is C18H15N3O8S. The normalized spacial score (nSPS) is 20.0. The fourth-order valence-electron chi connectivity index (χ4n) is 2.91. The number of nitrogens with one attached hydrogen (secondary N) is 1. The second kappa shape index (κ2) is 7.74. The minimum Gasteiger partial charge on any atom is -0.439 e. The van der Waals surface area contributed by atoms with E-state index in [1.54, 1.807) is 29.2 Å². The average Bonchev–Trinajstić information content (AvgIpc) is 3.25. The highest BCUT2D eigenvalue weighted by atomic mass is 32.2. The number of aromatic nitrogens is 1. The van der Waals surface area contributed by atoms with Crippen molar-refractivity contribution in [3.63, 3.8) is 0 Å². The lowest BCUT2D eigenvalue weighted by Crippen LogP contribution is -2.44. The Labute approximate surface area is 170 Å². The summed E-state index contributed by atoms with van der Waals surface area (Å²) < 4.78 is 40.0. The van der Waals surface area contributed by atoms with Crippen molar-refractivity contribution in [1.29, 1.82) is 0 Å². The molecule has 1 aromatic heterocycles. The van der Waals surface area contributed by atoms with E-state index in [4.69, 9.17) is 14.2 Å². The van der Waals surface area contributed by atoms with Crippen LogP contribution < -0.4 is 9.57 Å². The zero-order valence-electron chi connectivity index (χ0n) is 15.2. The highest BCUT2D eigenvalue weighted by molar-refractivity contribution is 7.89. The van der Waals surface area contributed by atoms with Crippen LogP contribution in [0.15, 0.2) is 65.2 Å². The number of fused-ring (bicyclic) bond motifs is 1. The average molecular weight is 433 g/mol. The first-order valence-electron chi connectivity index (χ1n) is 8.64. The van der Waals surface area contributed by atoms with Gasteiger partial charge in [0.1, 0.15) is 5.75 Å². The van der Waals surface area contributed by atoms with Crippen LogP contribution in [-0.4, -0.2) is 48.1 Å². The van der Waals surface area contributed by atoms with Crippen molar-refractivity contribution in [3.05, 3.63) is 60.3 Å². The summed E-state index contributed by atoms with van der Waals surface area (Å²) in [6, 6.07) is 10.4. The van der Waals surface area contributed by atoms with Crippen molar-refractivity contribution in [1.82, 2.24) is 15.0 Å². The molecule has 2 aliphatic rings. The van der Waals surface area contributed by atoms with E-state index in [0.29, 0.717) is 11.6 Å². The third-order valence-corrected chi connectivity index (χ3v) is 5.61. The minimum absolute atomic E-state index is 0.00636. The first-order chi connectivity index (χ1) is 14.3. The lowest BCUT2D eigenvalue weighted by molar-refractivity contribution is -0.167. The number of sulfonamides is 1. The Bertz CT molecular complexity index is 1100. The molecule has 2 aromatic rings. The Kier molecular flexibility index (Phi) is 5.11. The van der Waals surface area contributed by atoms with Crippen molar-refractivity contribution < 1.29 is 37.4 Å². The first-order valence-corrected chi connectivity index (χ1v) is 10.1. The molecule has 0 radical (unpaired) electrons. The van der Waals surface area contributed by atoms with E-state index >= 15 is 0 Å². The van der Waals surface area contributed by atoms with E-state index in [2.05, 4.69) is 4.98 Å². The number of pyridine rings is 1. The molecular weight excluding hydrogens is 418 g/mol. The second-order valence-electron chi connectivity index (χ2n) is 6.34. The Morgan fingerprint density at radius 1 is 1.20 bits per heavy atom. The Morgan fingerprint density at radius 2 is 1.97 bits per heavy atom. The highest BCUT2D eigenvalue weighted by Gasteiger charge is 2.43. The van der Waals surface area contributed by atoms with Gasteiger partial charge in [0, 0.05) is 24.3 Å². The van der Waals surface area contributed by atoms with Crippen LogP contribution in [0.2, 0.25) is 0 Å². The minimum atomic E-state index is -4.26. The lowest BCUT2D eigenvalue weighted by atomic mass is 10.2. The van der Waals surface area contributed by atoms with Gasteiger partial charge in [-0.05, 0) is 36.4 Å². The molecule has 156 valence electrons. The number of hydroxylamine groups is 1. The fraction of sp³-hybridized carbons (Fsp3) is 0.167. The van der Waals surface area contributed by atoms with Gasteiger partial charge in [0.05, 0.1) is 4.90 Å². The van der Waals surface area contributed by atoms with Crippen molar-refractivity contribution in [3.8, 4) is 11.6 Å². The first kappa shape index (κ1) is 19.8. The van der Waals surface area contributed by atoms with E-state index < -0.39 is 34.3 Å². The molecule has 1 fully saturated rings. The maximum absolute atomic E-state index is 12.4. The molecule has 1 aromatic carbocycles. The molecule has 30 heavy (non-hydrogen) atoms. The summed E-state index contributed by atoms with van der Waals surface area (Å²) in [5.74, 6) is -0.327. The highest BCUT2D eigenvalue weighted by Crippen LogP contribution is 2.30. The summed E-state index contributed by atoms with van der Waals surface area (Å²) in [5.41, 5.74) is 0.0433. The molecule has 0 saturated carbocycles. The number of hydrogen-bond acceptors (Lipinski definition) is 9. The number of amides is 1. The zero-order chi connectivity index (χ0) is 21.3. The number of hydrogen-bond donors (Lipinski definition) is 2. The summed E-state index contributed by atoms with van der Waals surface area (Å²) in [6.45, 7) is 0. The Morgan fingerprint density at radius 3 is 2.63 bits per heavy atom. The smallest absolute Gasteiger partial charge is 0.439 e. The predicted octanol–water partition coefficient (Wildman–Crippen LogP) is 1.52. The molecule has 2 heterocycles. The van der Waals surface area contributed by atoms with E-state index in [9.17, 15) is 23.2 Å². The molecule has 1 aliphatic heterocycles. The van der Waals surface area contributed by atoms with Crippen LogP contribution in [0.4, 0.5) is 4.79 Å². The number of hydrazine groups is 1. The monoisotopic (exact) mass is 433 g/mol. The van der Waals surface area contributed by atoms with Gasteiger partial charge in [-0.3, -0.25) is 10.0 Å². The van der Waals surface area contributed by atoms with Gasteiger partial charge in [-0.15, -0.1) is 5.17 Å². The molecule has 2 atom stereocenters. The summed E-state index contributed by atoms with van der Waals surface area (Å²) in [6.07, 6.45) is 0.590. The molecule has 0 bridgehead atoms. The van der Waals surface area contributed by atoms with Crippen molar-refractivity contribution in [2.75, 3.05) is 0 Å². The van der Waals surface area contributed by atoms with Gasteiger partial charge >= 0.3 is 6.16 Å². The Balaban J connectivity index is 1.40. The topological polar surface area (TPSA) is 144 Å². The van der Waals surface area contributed by atoms with Crippen LogP contribution in [0, 0.1) is 0 Å². The molecule has 4 rings (SSSR count). The molecule has 2 unspecified atom stereocenters. The molecule has 1 aliphatic carbocycles.